The maximum Gasteiger partial charge on any atom is 0.225 e. The average molecular weight is 322 g/mol. The fraction of sp³-hybridized carbons (Fsp3) is 0.294. The lowest BCUT2D eigenvalue weighted by atomic mass is 10.1. The van der Waals surface area contributed by atoms with Crippen molar-refractivity contribution in [3.8, 4) is 5.88 Å². The number of hydrogen-bond acceptors (Lipinski definition) is 6. The van der Waals surface area contributed by atoms with Gasteiger partial charge in [0.25, 0.3) is 0 Å². The van der Waals surface area contributed by atoms with Crippen LogP contribution in [0.1, 0.15) is 5.69 Å². The van der Waals surface area contributed by atoms with E-state index in [1.807, 2.05) is 36.8 Å². The van der Waals surface area contributed by atoms with E-state index in [1.165, 1.54) is 0 Å². The van der Waals surface area contributed by atoms with E-state index >= 15 is 0 Å². The molecular formula is C17H18N6O. The normalized spacial score (nSPS) is 17.2. The molecule has 3 aromatic heterocycles. The second-order valence-electron chi connectivity index (χ2n) is 5.81. The second-order valence-corrected chi connectivity index (χ2v) is 5.81. The van der Waals surface area contributed by atoms with Crippen molar-refractivity contribution < 1.29 is 4.74 Å². The van der Waals surface area contributed by atoms with Gasteiger partial charge in [-0.3, -0.25) is 0 Å². The summed E-state index contributed by atoms with van der Waals surface area (Å²) in [5.74, 6) is 1.66. The van der Waals surface area contributed by atoms with E-state index in [1.54, 1.807) is 18.6 Å². The van der Waals surface area contributed by atoms with E-state index < -0.39 is 0 Å². The predicted octanol–water partition coefficient (Wildman–Crippen LogP) is 1.78. The summed E-state index contributed by atoms with van der Waals surface area (Å²) in [7, 11) is 0. The van der Waals surface area contributed by atoms with Crippen LogP contribution in [0.3, 0.4) is 0 Å². The molecule has 0 unspecified atom stereocenters. The first-order valence-corrected chi connectivity index (χ1v) is 7.93. The third-order valence-corrected chi connectivity index (χ3v) is 4.02. The molecule has 7 heteroatoms. The first-order chi connectivity index (χ1) is 11.9. The molecule has 122 valence electrons. The Morgan fingerprint density at radius 2 is 1.92 bits per heavy atom. The Morgan fingerprint density at radius 3 is 2.75 bits per heavy atom. The monoisotopic (exact) mass is 322 g/mol. The Morgan fingerprint density at radius 1 is 1.04 bits per heavy atom. The topological polar surface area (TPSA) is 69.0 Å². The summed E-state index contributed by atoms with van der Waals surface area (Å²) in [5, 5.41) is 0. The zero-order valence-electron chi connectivity index (χ0n) is 13.2. The minimum Gasteiger partial charge on any atom is -0.477 e. The van der Waals surface area contributed by atoms with E-state index in [9.17, 15) is 0 Å². The van der Waals surface area contributed by atoms with Crippen molar-refractivity contribution in [3.63, 3.8) is 0 Å². The molecule has 4 rings (SSSR count). The molecule has 4 heterocycles. The van der Waals surface area contributed by atoms with E-state index in [0.29, 0.717) is 12.5 Å². The summed E-state index contributed by atoms with van der Waals surface area (Å²) in [6.07, 6.45) is 9.05. The van der Waals surface area contributed by atoms with Crippen LogP contribution in [0.4, 0.5) is 5.95 Å². The third kappa shape index (κ3) is 3.19. The Hall–Kier alpha value is -2.96. The lowest BCUT2D eigenvalue weighted by molar-refractivity contribution is 0.229. The van der Waals surface area contributed by atoms with Gasteiger partial charge in [-0.2, -0.15) is 0 Å². The highest BCUT2D eigenvalue weighted by atomic mass is 16.5. The van der Waals surface area contributed by atoms with Gasteiger partial charge in [0.2, 0.25) is 11.8 Å². The van der Waals surface area contributed by atoms with Crippen molar-refractivity contribution in [2.75, 3.05) is 18.1 Å². The van der Waals surface area contributed by atoms with Crippen LogP contribution in [0.15, 0.2) is 55.4 Å². The third-order valence-electron chi connectivity index (χ3n) is 4.02. The zero-order chi connectivity index (χ0) is 16.2. The molecule has 0 aliphatic carbocycles. The molecule has 1 aliphatic heterocycles. The number of rotatable bonds is 4. The van der Waals surface area contributed by atoms with Crippen molar-refractivity contribution in [3.05, 3.63) is 61.1 Å². The number of hydrogen-bond donors (Lipinski definition) is 0. The first-order valence-electron chi connectivity index (χ1n) is 7.93. The van der Waals surface area contributed by atoms with Crippen molar-refractivity contribution >= 4 is 5.95 Å². The number of anilines is 1. The van der Waals surface area contributed by atoms with Crippen LogP contribution in [0.5, 0.6) is 5.88 Å². The number of pyridine rings is 1. The summed E-state index contributed by atoms with van der Waals surface area (Å²) in [6, 6.07) is 7.50. The van der Waals surface area contributed by atoms with Crippen LogP contribution in [0.2, 0.25) is 0 Å². The molecule has 3 aromatic rings. The molecule has 1 atom stereocenters. The van der Waals surface area contributed by atoms with E-state index in [0.717, 1.165) is 31.3 Å². The molecule has 0 N–H and O–H groups in total. The summed E-state index contributed by atoms with van der Waals surface area (Å²) < 4.78 is 8.04. The number of aromatic nitrogens is 5. The van der Waals surface area contributed by atoms with Crippen LogP contribution in [-0.2, 0) is 13.1 Å². The average Bonchev–Trinajstić information content (AvgIpc) is 2.99. The fourth-order valence-corrected chi connectivity index (χ4v) is 2.90. The lowest BCUT2D eigenvalue weighted by Crippen LogP contribution is -2.32. The summed E-state index contributed by atoms with van der Waals surface area (Å²) in [6.45, 7) is 2.99. The quantitative estimate of drug-likeness (QED) is 0.729. The van der Waals surface area contributed by atoms with Gasteiger partial charge in [0.15, 0.2) is 0 Å². The summed E-state index contributed by atoms with van der Waals surface area (Å²) >= 11 is 0. The van der Waals surface area contributed by atoms with Gasteiger partial charge < -0.3 is 14.2 Å². The Kier molecular flexibility index (Phi) is 4.05. The highest BCUT2D eigenvalue weighted by molar-refractivity contribution is 5.30. The standard InChI is InChI=1S/C17H18N6O/c1-2-5-19-16(4-1)24-12-14-9-22(17-20-6-3-7-21-17)11-15-8-18-13-23(15)10-14/h1-8,13-14H,9-12H2/t14-/m1/s1. The van der Waals surface area contributed by atoms with Crippen molar-refractivity contribution in [1.29, 1.82) is 0 Å². The molecule has 0 radical (unpaired) electrons. The maximum atomic E-state index is 5.86. The number of ether oxygens (including phenoxy) is 1. The first kappa shape index (κ1) is 14.6. The summed E-state index contributed by atoms with van der Waals surface area (Å²) in [4.78, 5) is 19.4. The van der Waals surface area contributed by atoms with E-state index in [2.05, 4.69) is 29.4 Å². The van der Waals surface area contributed by atoms with Gasteiger partial charge in [-0.1, -0.05) is 6.07 Å². The molecule has 1 aliphatic rings. The van der Waals surface area contributed by atoms with Gasteiger partial charge in [0.05, 0.1) is 25.2 Å². The number of fused-ring (bicyclic) bond motifs is 1. The molecule has 0 saturated heterocycles. The smallest absolute Gasteiger partial charge is 0.225 e. The molecule has 0 amide bonds. The van der Waals surface area contributed by atoms with Crippen LogP contribution >= 0.6 is 0 Å². The van der Waals surface area contributed by atoms with E-state index in [-0.39, 0.29) is 5.92 Å². The Labute approximate surface area is 140 Å². The minimum atomic E-state index is 0.284. The van der Waals surface area contributed by atoms with Gasteiger partial charge >= 0.3 is 0 Å². The molecule has 0 aromatic carbocycles. The van der Waals surface area contributed by atoms with E-state index in [4.69, 9.17) is 4.74 Å². The van der Waals surface area contributed by atoms with Crippen molar-refractivity contribution in [1.82, 2.24) is 24.5 Å². The van der Waals surface area contributed by atoms with Crippen molar-refractivity contribution in [2.45, 2.75) is 13.1 Å². The van der Waals surface area contributed by atoms with Gasteiger partial charge in [-0.05, 0) is 12.1 Å². The maximum absolute atomic E-state index is 5.86. The van der Waals surface area contributed by atoms with Crippen LogP contribution in [0, 0.1) is 5.92 Å². The highest BCUT2D eigenvalue weighted by Crippen LogP contribution is 2.20. The van der Waals surface area contributed by atoms with Gasteiger partial charge in [-0.25, -0.2) is 19.9 Å². The highest BCUT2D eigenvalue weighted by Gasteiger charge is 2.24. The van der Waals surface area contributed by atoms with Crippen LogP contribution in [-0.4, -0.2) is 37.7 Å². The van der Waals surface area contributed by atoms with Gasteiger partial charge in [-0.15, -0.1) is 0 Å². The second kappa shape index (κ2) is 6.66. The van der Waals surface area contributed by atoms with Crippen LogP contribution < -0.4 is 9.64 Å². The molecular weight excluding hydrogens is 304 g/mol. The molecule has 0 fully saturated rings. The fourth-order valence-electron chi connectivity index (χ4n) is 2.90. The molecule has 7 nitrogen and oxygen atoms in total. The Balaban J connectivity index is 1.53. The van der Waals surface area contributed by atoms with Crippen molar-refractivity contribution in [2.24, 2.45) is 5.92 Å². The molecule has 0 saturated carbocycles. The summed E-state index contributed by atoms with van der Waals surface area (Å²) in [5.41, 5.74) is 1.16. The predicted molar refractivity (Wildman–Crippen MR) is 88.5 cm³/mol. The largest absolute Gasteiger partial charge is 0.477 e. The van der Waals surface area contributed by atoms with Crippen LogP contribution in [0.25, 0.3) is 0 Å². The zero-order valence-corrected chi connectivity index (χ0v) is 13.2. The van der Waals surface area contributed by atoms with Gasteiger partial charge in [0, 0.05) is 49.9 Å². The molecule has 0 bridgehead atoms. The number of imidazole rings is 1. The van der Waals surface area contributed by atoms with Gasteiger partial charge in [0.1, 0.15) is 0 Å². The SMILES string of the molecule is c1ccc(OC[C@@H]2CN(c3ncccn3)Cc3cncn3C2)nc1. The minimum absolute atomic E-state index is 0.284. The lowest BCUT2D eigenvalue weighted by Gasteiger charge is -2.23. The molecule has 24 heavy (non-hydrogen) atoms. The number of nitrogens with zero attached hydrogens (tertiary/aromatic N) is 6. The molecule has 0 spiro atoms. The Bertz CT molecular complexity index is 776.